The Bertz CT molecular complexity index is 1080. The second kappa shape index (κ2) is 6.87. The van der Waals surface area contributed by atoms with E-state index in [1.54, 1.807) is 12.1 Å². The van der Waals surface area contributed by atoms with Gasteiger partial charge >= 0.3 is 0 Å². The van der Waals surface area contributed by atoms with Gasteiger partial charge in [-0.05, 0) is 48.5 Å². The largest absolute Gasteiger partial charge is 0.335 e. The number of halogens is 1. The quantitative estimate of drug-likeness (QED) is 0.543. The molecular formula is C20H16FN5O. The summed E-state index contributed by atoms with van der Waals surface area (Å²) in [4.78, 5) is 13.4. The lowest BCUT2D eigenvalue weighted by molar-refractivity contribution is 0.101. The molecule has 0 unspecified atom stereocenters. The number of carbonyl (C=O) groups excluding carboxylic acids is 1. The lowest BCUT2D eigenvalue weighted by atomic mass is 10.2. The lowest BCUT2D eigenvalue weighted by Crippen LogP contribution is -2.02. The fourth-order valence-electron chi connectivity index (χ4n) is 2.74. The number of Topliss-reactive ketones (excluding diaryl/α,β-unsaturated/α-hetero) is 1. The number of nitrogens with zero attached hydrogens (tertiary/aromatic N) is 4. The minimum Gasteiger partial charge on any atom is -0.335 e. The summed E-state index contributed by atoms with van der Waals surface area (Å²) >= 11 is 0. The molecule has 2 aromatic heterocycles. The molecule has 1 N–H and O–H groups in total. The van der Waals surface area contributed by atoms with Crippen LogP contribution in [0, 0.1) is 5.82 Å². The summed E-state index contributed by atoms with van der Waals surface area (Å²) in [5, 5.41) is 11.9. The normalized spacial score (nSPS) is 10.7. The van der Waals surface area contributed by atoms with Crippen LogP contribution < -0.4 is 5.32 Å². The molecule has 0 radical (unpaired) electrons. The minimum absolute atomic E-state index is 0.210. The number of nitrogens with one attached hydrogen (secondary N) is 1. The number of hydrogen-bond donors (Lipinski definition) is 1. The molecule has 0 aliphatic heterocycles. The molecule has 4 aromatic rings. The van der Waals surface area contributed by atoms with Gasteiger partial charge in [-0.25, -0.2) is 4.39 Å². The average molecular weight is 361 g/mol. The first kappa shape index (κ1) is 16.7. The van der Waals surface area contributed by atoms with E-state index in [4.69, 9.17) is 0 Å². The Morgan fingerprint density at radius 1 is 0.963 bits per heavy atom. The molecule has 4 rings (SSSR count). The van der Waals surface area contributed by atoms with Crippen molar-refractivity contribution in [1.29, 1.82) is 0 Å². The number of anilines is 2. The van der Waals surface area contributed by atoms with Crippen molar-refractivity contribution >= 4 is 17.3 Å². The summed E-state index contributed by atoms with van der Waals surface area (Å²) in [5.74, 6) is -0.229. The van der Waals surface area contributed by atoms with Crippen molar-refractivity contribution in [3.63, 3.8) is 0 Å². The summed E-state index contributed by atoms with van der Waals surface area (Å²) in [6.45, 7) is 1.43. The van der Waals surface area contributed by atoms with Crippen molar-refractivity contribution in [3.8, 4) is 11.4 Å². The fraction of sp³-hybridized carbons (Fsp3) is 0.0500. The van der Waals surface area contributed by atoms with Crippen LogP contribution in [-0.2, 0) is 0 Å². The van der Waals surface area contributed by atoms with Crippen LogP contribution in [0.4, 0.5) is 15.9 Å². The number of hydrogen-bond acceptors (Lipinski definition) is 4. The second-order valence-electron chi connectivity index (χ2n) is 5.95. The Morgan fingerprint density at radius 3 is 2.37 bits per heavy atom. The monoisotopic (exact) mass is 361 g/mol. The van der Waals surface area contributed by atoms with E-state index in [1.807, 2.05) is 53.4 Å². The van der Waals surface area contributed by atoms with Gasteiger partial charge in [0.05, 0.1) is 17.1 Å². The molecule has 2 aromatic carbocycles. The zero-order chi connectivity index (χ0) is 18.8. The first-order valence-corrected chi connectivity index (χ1v) is 8.35. The van der Waals surface area contributed by atoms with Gasteiger partial charge in [0.2, 0.25) is 0 Å². The van der Waals surface area contributed by atoms with Crippen LogP contribution in [0.3, 0.4) is 0 Å². The Hall–Kier alpha value is -3.74. The van der Waals surface area contributed by atoms with Gasteiger partial charge in [-0.2, -0.15) is 0 Å². The van der Waals surface area contributed by atoms with E-state index in [0.717, 1.165) is 11.4 Å². The predicted octanol–water partition coefficient (Wildman–Crippen LogP) is 4.14. The molecule has 6 nitrogen and oxygen atoms in total. The zero-order valence-corrected chi connectivity index (χ0v) is 14.5. The highest BCUT2D eigenvalue weighted by molar-refractivity contribution is 5.97. The minimum atomic E-state index is -0.350. The first-order valence-electron chi connectivity index (χ1n) is 8.35. The Morgan fingerprint density at radius 2 is 1.67 bits per heavy atom. The molecule has 0 atom stereocenters. The summed E-state index contributed by atoms with van der Waals surface area (Å²) < 4.78 is 15.1. The molecule has 0 saturated carbocycles. The van der Waals surface area contributed by atoms with Gasteiger partial charge in [0, 0.05) is 19.3 Å². The second-order valence-corrected chi connectivity index (χ2v) is 5.95. The maximum Gasteiger partial charge on any atom is 0.184 e. The molecule has 2 heterocycles. The summed E-state index contributed by atoms with van der Waals surface area (Å²) in [7, 11) is 0. The molecule has 0 fully saturated rings. The van der Waals surface area contributed by atoms with E-state index in [-0.39, 0.29) is 17.3 Å². The molecule has 0 amide bonds. The van der Waals surface area contributed by atoms with Gasteiger partial charge < -0.3 is 9.88 Å². The van der Waals surface area contributed by atoms with Crippen molar-refractivity contribution in [2.24, 2.45) is 0 Å². The highest BCUT2D eigenvalue weighted by atomic mass is 19.1. The van der Waals surface area contributed by atoms with Crippen molar-refractivity contribution in [3.05, 3.63) is 84.6 Å². The van der Waals surface area contributed by atoms with Crippen LogP contribution in [-0.4, -0.2) is 25.3 Å². The summed E-state index contributed by atoms with van der Waals surface area (Å²) in [5.41, 5.74) is 2.46. The van der Waals surface area contributed by atoms with Gasteiger partial charge in [0.25, 0.3) is 0 Å². The third-order valence-electron chi connectivity index (χ3n) is 4.04. The van der Waals surface area contributed by atoms with Crippen LogP contribution in [0.15, 0.2) is 73.1 Å². The van der Waals surface area contributed by atoms with Crippen LogP contribution in [0.5, 0.6) is 0 Å². The highest BCUT2D eigenvalue weighted by Crippen LogP contribution is 2.25. The molecule has 134 valence electrons. The smallest absolute Gasteiger partial charge is 0.184 e. The maximum atomic E-state index is 13.2. The van der Waals surface area contributed by atoms with Crippen molar-refractivity contribution in [2.75, 3.05) is 5.32 Å². The topological polar surface area (TPSA) is 64.7 Å². The zero-order valence-electron chi connectivity index (χ0n) is 14.5. The number of benzene rings is 2. The van der Waals surface area contributed by atoms with Crippen molar-refractivity contribution in [2.45, 2.75) is 6.92 Å². The predicted molar refractivity (Wildman–Crippen MR) is 100 cm³/mol. The Labute approximate surface area is 154 Å². The summed E-state index contributed by atoms with van der Waals surface area (Å²) in [6.07, 6.45) is 3.86. The third kappa shape index (κ3) is 3.35. The summed E-state index contributed by atoms with van der Waals surface area (Å²) in [6, 6.07) is 17.3. The van der Waals surface area contributed by atoms with E-state index in [1.165, 1.54) is 23.9 Å². The molecule has 0 aliphatic carbocycles. The van der Waals surface area contributed by atoms with E-state index < -0.39 is 0 Å². The molecule has 0 bridgehead atoms. The standard InChI is InChI=1S/C20H16FN5O/c1-14(27)19-20(24-26(23-19)16-10-8-15(21)9-11-16)22-17-6-2-3-7-18(17)25-12-4-5-13-25/h2-13H,1H3,(H,22,24). The highest BCUT2D eigenvalue weighted by Gasteiger charge is 2.17. The van der Waals surface area contributed by atoms with E-state index in [0.29, 0.717) is 11.5 Å². The molecule has 0 aliphatic rings. The van der Waals surface area contributed by atoms with Crippen LogP contribution in [0.1, 0.15) is 17.4 Å². The number of carbonyl (C=O) groups is 1. The molecule has 27 heavy (non-hydrogen) atoms. The van der Waals surface area contributed by atoms with Crippen LogP contribution >= 0.6 is 0 Å². The number of aromatic nitrogens is 4. The fourth-order valence-corrected chi connectivity index (χ4v) is 2.74. The number of para-hydroxylation sites is 2. The van der Waals surface area contributed by atoms with E-state index in [2.05, 4.69) is 15.5 Å². The third-order valence-corrected chi connectivity index (χ3v) is 4.04. The molecule has 0 spiro atoms. The Balaban J connectivity index is 1.74. The lowest BCUT2D eigenvalue weighted by Gasteiger charge is -2.11. The van der Waals surface area contributed by atoms with Gasteiger partial charge in [-0.1, -0.05) is 12.1 Å². The van der Waals surface area contributed by atoms with Gasteiger partial charge in [-0.3, -0.25) is 4.79 Å². The first-order chi connectivity index (χ1) is 13.1. The van der Waals surface area contributed by atoms with Crippen molar-refractivity contribution in [1.82, 2.24) is 19.6 Å². The SMILES string of the molecule is CC(=O)c1nn(-c2ccc(F)cc2)nc1Nc1ccccc1-n1cccc1. The molecule has 0 saturated heterocycles. The molecule has 7 heteroatoms. The maximum absolute atomic E-state index is 13.2. The van der Waals surface area contributed by atoms with Crippen LogP contribution in [0.25, 0.3) is 11.4 Å². The van der Waals surface area contributed by atoms with E-state index in [9.17, 15) is 9.18 Å². The van der Waals surface area contributed by atoms with Gasteiger partial charge in [0.15, 0.2) is 17.3 Å². The van der Waals surface area contributed by atoms with Gasteiger partial charge in [0.1, 0.15) is 5.82 Å². The number of rotatable bonds is 5. The van der Waals surface area contributed by atoms with Gasteiger partial charge in [-0.15, -0.1) is 15.0 Å². The van der Waals surface area contributed by atoms with E-state index >= 15 is 0 Å². The van der Waals surface area contributed by atoms with Crippen LogP contribution in [0.2, 0.25) is 0 Å². The number of ketones is 1. The molecular weight excluding hydrogens is 345 g/mol. The average Bonchev–Trinajstić information content (AvgIpc) is 3.33. The Kier molecular flexibility index (Phi) is 4.25. The van der Waals surface area contributed by atoms with Crippen molar-refractivity contribution < 1.29 is 9.18 Å².